The Morgan fingerprint density at radius 2 is 2.23 bits per heavy atom. The van der Waals surface area contributed by atoms with Crippen LogP contribution >= 0.6 is 12.4 Å². The summed E-state index contributed by atoms with van der Waals surface area (Å²) in [7, 11) is 0. The first-order chi connectivity index (χ1) is 5.52. The molecule has 1 heterocycles. The van der Waals surface area contributed by atoms with Crippen LogP contribution < -0.4 is 5.73 Å². The van der Waals surface area contributed by atoms with Gasteiger partial charge in [-0.1, -0.05) is 0 Å². The van der Waals surface area contributed by atoms with Gasteiger partial charge in [0.1, 0.15) is 0 Å². The summed E-state index contributed by atoms with van der Waals surface area (Å²) in [6.45, 7) is 4.56. The van der Waals surface area contributed by atoms with Crippen LogP contribution in [0.5, 0.6) is 0 Å². The van der Waals surface area contributed by atoms with E-state index in [0.717, 1.165) is 0 Å². The van der Waals surface area contributed by atoms with Crippen molar-refractivity contribution in [2.45, 2.75) is 26.3 Å². The number of nitrogens with two attached hydrogens (primary N) is 1. The first-order valence-electron chi connectivity index (χ1n) is 4.15. The maximum absolute atomic E-state index is 11.3. The lowest BCUT2D eigenvalue weighted by atomic mass is 10.1. The fraction of sp³-hybridized carbons (Fsp3) is 0.750. The first-order valence-corrected chi connectivity index (χ1v) is 4.15. The average Bonchev–Trinajstić information content (AvgIpc) is 2.30. The van der Waals surface area contributed by atoms with E-state index in [4.69, 9.17) is 11.1 Å². The van der Waals surface area contributed by atoms with Gasteiger partial charge < -0.3 is 10.6 Å². The number of likely N-dealkylation sites (tertiary alicyclic amines) is 1. The molecule has 5 heteroatoms. The second kappa shape index (κ2) is 4.46. The molecule has 0 saturated carbocycles. The first kappa shape index (κ1) is 12.2. The third-order valence-corrected chi connectivity index (χ3v) is 2.22. The summed E-state index contributed by atoms with van der Waals surface area (Å²) >= 11 is 0. The molecule has 4 nitrogen and oxygen atoms in total. The van der Waals surface area contributed by atoms with E-state index in [9.17, 15) is 4.79 Å². The molecule has 0 bridgehead atoms. The average molecular weight is 206 g/mol. The standard InChI is InChI=1S/C8H15N3O.ClH/c1-5(2)11-4-6(8(9)10)3-7(11)12;/h5-6H,3-4H2,1-2H3,(H3,9,10);1H. The largest absolute Gasteiger partial charge is 0.387 e. The number of rotatable bonds is 2. The summed E-state index contributed by atoms with van der Waals surface area (Å²) in [5, 5.41) is 7.21. The van der Waals surface area contributed by atoms with Crippen LogP contribution in [0.3, 0.4) is 0 Å². The topological polar surface area (TPSA) is 70.2 Å². The second-order valence-corrected chi connectivity index (χ2v) is 3.50. The van der Waals surface area contributed by atoms with Crippen molar-refractivity contribution >= 4 is 24.1 Å². The van der Waals surface area contributed by atoms with Crippen LogP contribution in [0.1, 0.15) is 20.3 Å². The Bertz CT molecular complexity index is 217. The van der Waals surface area contributed by atoms with E-state index in [-0.39, 0.29) is 36.1 Å². The van der Waals surface area contributed by atoms with E-state index < -0.39 is 0 Å². The normalized spacial score (nSPS) is 21.9. The number of carbonyl (C=O) groups is 1. The maximum atomic E-state index is 11.3. The van der Waals surface area contributed by atoms with Crippen LogP contribution in [-0.2, 0) is 4.79 Å². The SMILES string of the molecule is CC(C)N1CC(C(=N)N)CC1=O.Cl. The van der Waals surface area contributed by atoms with Crippen molar-refractivity contribution in [3.05, 3.63) is 0 Å². The molecule has 13 heavy (non-hydrogen) atoms. The van der Waals surface area contributed by atoms with Gasteiger partial charge in [-0.2, -0.15) is 0 Å². The molecule has 1 aliphatic heterocycles. The molecule has 0 aromatic heterocycles. The van der Waals surface area contributed by atoms with Gasteiger partial charge in [-0.25, -0.2) is 0 Å². The molecule has 1 aliphatic rings. The van der Waals surface area contributed by atoms with Crippen LogP contribution in [0.4, 0.5) is 0 Å². The smallest absolute Gasteiger partial charge is 0.223 e. The predicted octanol–water partition coefficient (Wildman–Crippen LogP) is 0.601. The zero-order chi connectivity index (χ0) is 9.30. The van der Waals surface area contributed by atoms with Crippen LogP contribution in [0.2, 0.25) is 0 Å². The van der Waals surface area contributed by atoms with Crippen molar-refractivity contribution in [1.29, 1.82) is 5.41 Å². The lowest BCUT2D eigenvalue weighted by molar-refractivity contribution is -0.129. The molecule has 1 fully saturated rings. The van der Waals surface area contributed by atoms with E-state index in [1.165, 1.54) is 0 Å². The van der Waals surface area contributed by atoms with E-state index in [1.807, 2.05) is 13.8 Å². The minimum Gasteiger partial charge on any atom is -0.387 e. The minimum atomic E-state index is -0.0556. The molecule has 0 aromatic carbocycles. The van der Waals surface area contributed by atoms with Gasteiger partial charge in [0.05, 0.1) is 5.84 Å². The molecule has 1 rings (SSSR count). The molecule has 0 spiro atoms. The summed E-state index contributed by atoms with van der Waals surface area (Å²) in [5.41, 5.74) is 5.33. The number of nitrogens with zero attached hydrogens (tertiary/aromatic N) is 1. The van der Waals surface area contributed by atoms with Gasteiger partial charge in [-0.15, -0.1) is 12.4 Å². The number of halogens is 1. The van der Waals surface area contributed by atoms with Gasteiger partial charge in [0, 0.05) is 24.9 Å². The third-order valence-electron chi connectivity index (χ3n) is 2.22. The van der Waals surface area contributed by atoms with Crippen molar-refractivity contribution < 1.29 is 4.79 Å². The van der Waals surface area contributed by atoms with Crippen molar-refractivity contribution in [1.82, 2.24) is 4.90 Å². The van der Waals surface area contributed by atoms with E-state index >= 15 is 0 Å². The fourth-order valence-corrected chi connectivity index (χ4v) is 1.44. The highest BCUT2D eigenvalue weighted by atomic mass is 35.5. The van der Waals surface area contributed by atoms with Gasteiger partial charge >= 0.3 is 0 Å². The van der Waals surface area contributed by atoms with Crippen LogP contribution in [-0.4, -0.2) is 29.2 Å². The summed E-state index contributed by atoms with van der Waals surface area (Å²) in [6, 6.07) is 0.224. The van der Waals surface area contributed by atoms with E-state index in [0.29, 0.717) is 13.0 Å². The van der Waals surface area contributed by atoms with Crippen LogP contribution in [0, 0.1) is 11.3 Å². The van der Waals surface area contributed by atoms with Crippen LogP contribution in [0.15, 0.2) is 0 Å². The van der Waals surface area contributed by atoms with Gasteiger partial charge in [-0.05, 0) is 13.8 Å². The quantitative estimate of drug-likeness (QED) is 0.512. The van der Waals surface area contributed by atoms with E-state index in [1.54, 1.807) is 4.90 Å². The summed E-state index contributed by atoms with van der Waals surface area (Å²) in [4.78, 5) is 13.1. The molecule has 1 unspecified atom stereocenters. The van der Waals surface area contributed by atoms with Crippen molar-refractivity contribution in [2.75, 3.05) is 6.54 Å². The van der Waals surface area contributed by atoms with Gasteiger partial charge in [0.2, 0.25) is 5.91 Å². The minimum absolute atomic E-state index is 0. The molecule has 1 saturated heterocycles. The fourth-order valence-electron chi connectivity index (χ4n) is 1.44. The highest BCUT2D eigenvalue weighted by Crippen LogP contribution is 2.19. The Morgan fingerprint density at radius 3 is 2.46 bits per heavy atom. The van der Waals surface area contributed by atoms with Crippen molar-refractivity contribution in [3.8, 4) is 0 Å². The number of carbonyl (C=O) groups excluding carboxylic acids is 1. The summed E-state index contributed by atoms with van der Waals surface area (Å²) in [5.74, 6) is 0.191. The number of hydrogen-bond acceptors (Lipinski definition) is 2. The van der Waals surface area contributed by atoms with Crippen LogP contribution in [0.25, 0.3) is 0 Å². The van der Waals surface area contributed by atoms with Gasteiger partial charge in [-0.3, -0.25) is 10.2 Å². The molecular weight excluding hydrogens is 190 g/mol. The number of nitrogens with one attached hydrogen (secondary N) is 1. The molecule has 3 N–H and O–H groups in total. The molecule has 0 aliphatic carbocycles. The van der Waals surface area contributed by atoms with Crippen molar-refractivity contribution in [2.24, 2.45) is 11.7 Å². The number of amides is 1. The monoisotopic (exact) mass is 205 g/mol. The van der Waals surface area contributed by atoms with Gasteiger partial charge in [0.15, 0.2) is 0 Å². The Labute approximate surface area is 84.4 Å². The molecule has 76 valence electrons. The highest BCUT2D eigenvalue weighted by Gasteiger charge is 2.32. The Balaban J connectivity index is 0.00000144. The molecular formula is C8H16ClN3O. The Kier molecular flexibility index (Phi) is 4.20. The van der Waals surface area contributed by atoms with Gasteiger partial charge in [0.25, 0.3) is 0 Å². The number of hydrogen-bond donors (Lipinski definition) is 2. The molecule has 1 amide bonds. The van der Waals surface area contributed by atoms with Crippen molar-refractivity contribution in [3.63, 3.8) is 0 Å². The zero-order valence-electron chi connectivity index (χ0n) is 7.91. The molecule has 0 aromatic rings. The second-order valence-electron chi connectivity index (χ2n) is 3.50. The lowest BCUT2D eigenvalue weighted by Crippen LogP contribution is -2.33. The summed E-state index contributed by atoms with van der Waals surface area (Å²) in [6.07, 6.45) is 0.410. The Hall–Kier alpha value is -0.770. The predicted molar refractivity (Wildman–Crippen MR) is 54.1 cm³/mol. The maximum Gasteiger partial charge on any atom is 0.223 e. The summed E-state index contributed by atoms with van der Waals surface area (Å²) < 4.78 is 0. The Morgan fingerprint density at radius 1 is 1.69 bits per heavy atom. The number of amidine groups is 1. The highest BCUT2D eigenvalue weighted by molar-refractivity contribution is 5.89. The lowest BCUT2D eigenvalue weighted by Gasteiger charge is -2.20. The third kappa shape index (κ3) is 2.59. The molecule has 0 radical (unpaired) electrons. The van der Waals surface area contributed by atoms with E-state index in [2.05, 4.69) is 0 Å². The zero-order valence-corrected chi connectivity index (χ0v) is 8.73. The molecule has 1 atom stereocenters.